The number of urea groups is 1. The summed E-state index contributed by atoms with van der Waals surface area (Å²) >= 11 is 0. The van der Waals surface area contributed by atoms with Crippen LogP contribution in [0, 0.1) is 5.92 Å². The Hall–Kier alpha value is -1.46. The van der Waals surface area contributed by atoms with Gasteiger partial charge in [-0.25, -0.2) is 9.59 Å². The van der Waals surface area contributed by atoms with Crippen LogP contribution in [-0.2, 0) is 4.74 Å². The van der Waals surface area contributed by atoms with E-state index in [9.17, 15) is 9.59 Å². The fraction of sp³-hybridized carbons (Fsp3) is 0.875. The first kappa shape index (κ1) is 18.6. The van der Waals surface area contributed by atoms with Crippen molar-refractivity contribution in [2.75, 3.05) is 26.2 Å². The second-order valence-electron chi connectivity index (χ2n) is 6.85. The number of nitrogens with zero attached hydrogens (tertiary/aromatic N) is 1. The smallest absolute Gasteiger partial charge is 0.410 e. The number of nitrogens with one attached hydrogen (secondary N) is 2. The zero-order chi connectivity index (χ0) is 16.6. The van der Waals surface area contributed by atoms with Gasteiger partial charge in [-0.2, -0.15) is 0 Å². The minimum Gasteiger partial charge on any atom is -0.444 e. The lowest BCUT2D eigenvalue weighted by Gasteiger charge is -2.26. The normalized spacial score (nSPS) is 15.5. The summed E-state index contributed by atoms with van der Waals surface area (Å²) in [5.74, 6) is 0.625. The van der Waals surface area contributed by atoms with Gasteiger partial charge in [0, 0.05) is 26.2 Å². The average Bonchev–Trinajstić information content (AvgIpc) is 2.92. The van der Waals surface area contributed by atoms with Crippen LogP contribution in [-0.4, -0.2) is 48.8 Å². The lowest BCUT2D eigenvalue weighted by Crippen LogP contribution is -2.44. The summed E-state index contributed by atoms with van der Waals surface area (Å²) in [5.41, 5.74) is -0.503. The van der Waals surface area contributed by atoms with E-state index in [1.165, 1.54) is 25.7 Å². The molecule has 1 fully saturated rings. The van der Waals surface area contributed by atoms with Crippen molar-refractivity contribution in [3.8, 4) is 0 Å². The molecule has 6 nitrogen and oxygen atoms in total. The molecule has 1 rings (SSSR count). The Bertz CT molecular complexity index is 360. The van der Waals surface area contributed by atoms with Gasteiger partial charge in [-0.05, 0) is 46.5 Å². The first-order valence-corrected chi connectivity index (χ1v) is 8.31. The molecule has 0 saturated heterocycles. The molecule has 0 bridgehead atoms. The first-order chi connectivity index (χ1) is 10.3. The second kappa shape index (κ2) is 8.86. The zero-order valence-electron chi connectivity index (χ0n) is 14.4. The van der Waals surface area contributed by atoms with Crippen molar-refractivity contribution in [1.29, 1.82) is 0 Å². The summed E-state index contributed by atoms with van der Waals surface area (Å²) in [6.45, 7) is 9.58. The molecule has 6 heteroatoms. The Morgan fingerprint density at radius 2 is 1.82 bits per heavy atom. The SMILES string of the molecule is CCN(CCNC(=O)NCC1CCCC1)C(=O)OC(C)(C)C. The number of carbonyl (C=O) groups excluding carboxylic acids is 2. The van der Waals surface area contributed by atoms with Crippen molar-refractivity contribution >= 4 is 12.1 Å². The van der Waals surface area contributed by atoms with Gasteiger partial charge in [0.05, 0.1) is 0 Å². The maximum absolute atomic E-state index is 11.9. The Labute approximate surface area is 134 Å². The van der Waals surface area contributed by atoms with Crippen molar-refractivity contribution in [2.45, 2.75) is 59.0 Å². The van der Waals surface area contributed by atoms with Crippen LogP contribution in [0.2, 0.25) is 0 Å². The van der Waals surface area contributed by atoms with Crippen LogP contribution in [0.5, 0.6) is 0 Å². The fourth-order valence-corrected chi connectivity index (χ4v) is 2.52. The van der Waals surface area contributed by atoms with E-state index in [0.717, 1.165) is 6.54 Å². The molecular formula is C16H31N3O3. The summed E-state index contributed by atoms with van der Waals surface area (Å²) in [7, 11) is 0. The molecule has 1 saturated carbocycles. The number of hydrogen-bond acceptors (Lipinski definition) is 3. The average molecular weight is 313 g/mol. The Kier molecular flexibility index (Phi) is 7.48. The van der Waals surface area contributed by atoms with Gasteiger partial charge in [0.25, 0.3) is 0 Å². The van der Waals surface area contributed by atoms with Crippen molar-refractivity contribution in [2.24, 2.45) is 5.92 Å². The highest BCUT2D eigenvalue weighted by atomic mass is 16.6. The maximum atomic E-state index is 11.9. The van der Waals surface area contributed by atoms with E-state index in [-0.39, 0.29) is 12.1 Å². The van der Waals surface area contributed by atoms with Gasteiger partial charge in [-0.15, -0.1) is 0 Å². The maximum Gasteiger partial charge on any atom is 0.410 e. The zero-order valence-corrected chi connectivity index (χ0v) is 14.4. The Balaban J connectivity index is 2.19. The first-order valence-electron chi connectivity index (χ1n) is 8.31. The highest BCUT2D eigenvalue weighted by Crippen LogP contribution is 2.23. The lowest BCUT2D eigenvalue weighted by molar-refractivity contribution is 0.0263. The van der Waals surface area contributed by atoms with E-state index in [1.807, 2.05) is 27.7 Å². The number of amides is 3. The molecule has 128 valence electrons. The third-order valence-corrected chi connectivity index (χ3v) is 3.73. The van der Waals surface area contributed by atoms with Gasteiger partial charge < -0.3 is 20.3 Å². The van der Waals surface area contributed by atoms with Gasteiger partial charge in [0.1, 0.15) is 5.60 Å². The number of rotatable bonds is 6. The van der Waals surface area contributed by atoms with Gasteiger partial charge in [0.15, 0.2) is 0 Å². The standard InChI is InChI=1S/C16H31N3O3/c1-5-19(15(21)22-16(2,3)4)11-10-17-14(20)18-12-13-8-6-7-9-13/h13H,5-12H2,1-4H3,(H2,17,18,20). The minimum atomic E-state index is -0.503. The molecule has 0 atom stereocenters. The van der Waals surface area contributed by atoms with Crippen molar-refractivity contribution in [1.82, 2.24) is 15.5 Å². The molecule has 1 aliphatic rings. The van der Waals surface area contributed by atoms with E-state index in [0.29, 0.717) is 25.6 Å². The summed E-state index contributed by atoms with van der Waals surface area (Å²) in [6.07, 6.45) is 4.62. The van der Waals surface area contributed by atoms with Gasteiger partial charge in [0.2, 0.25) is 0 Å². The van der Waals surface area contributed by atoms with Gasteiger partial charge in [-0.3, -0.25) is 0 Å². The third-order valence-electron chi connectivity index (χ3n) is 3.73. The van der Waals surface area contributed by atoms with E-state index in [1.54, 1.807) is 4.90 Å². The van der Waals surface area contributed by atoms with Crippen LogP contribution >= 0.6 is 0 Å². The van der Waals surface area contributed by atoms with Gasteiger partial charge in [-0.1, -0.05) is 12.8 Å². The van der Waals surface area contributed by atoms with Crippen LogP contribution in [0.25, 0.3) is 0 Å². The molecular weight excluding hydrogens is 282 g/mol. The molecule has 0 aromatic heterocycles. The summed E-state index contributed by atoms with van der Waals surface area (Å²) in [4.78, 5) is 25.2. The second-order valence-corrected chi connectivity index (χ2v) is 6.85. The summed E-state index contributed by atoms with van der Waals surface area (Å²) in [6, 6.07) is -0.160. The number of hydrogen-bond donors (Lipinski definition) is 2. The Morgan fingerprint density at radius 3 is 2.36 bits per heavy atom. The van der Waals surface area contributed by atoms with Crippen LogP contribution < -0.4 is 10.6 Å². The van der Waals surface area contributed by atoms with Crippen LogP contribution in [0.4, 0.5) is 9.59 Å². The quantitative estimate of drug-likeness (QED) is 0.792. The molecule has 3 amide bonds. The molecule has 0 aromatic rings. The van der Waals surface area contributed by atoms with Crippen LogP contribution in [0.3, 0.4) is 0 Å². The molecule has 1 aliphatic carbocycles. The highest BCUT2D eigenvalue weighted by molar-refractivity contribution is 5.74. The molecule has 2 N–H and O–H groups in total. The molecule has 0 unspecified atom stereocenters. The molecule has 0 aromatic carbocycles. The van der Waals surface area contributed by atoms with E-state index < -0.39 is 5.60 Å². The molecule has 0 radical (unpaired) electrons. The molecule has 22 heavy (non-hydrogen) atoms. The van der Waals surface area contributed by atoms with E-state index >= 15 is 0 Å². The fourth-order valence-electron chi connectivity index (χ4n) is 2.52. The molecule has 0 spiro atoms. The molecule has 0 aliphatic heterocycles. The number of carbonyl (C=O) groups is 2. The summed E-state index contributed by atoms with van der Waals surface area (Å²) in [5, 5.41) is 5.69. The minimum absolute atomic E-state index is 0.160. The lowest BCUT2D eigenvalue weighted by atomic mass is 10.1. The van der Waals surface area contributed by atoms with Crippen LogP contribution in [0.15, 0.2) is 0 Å². The van der Waals surface area contributed by atoms with Crippen molar-refractivity contribution in [3.05, 3.63) is 0 Å². The molecule has 0 heterocycles. The van der Waals surface area contributed by atoms with E-state index in [4.69, 9.17) is 4.74 Å². The summed E-state index contributed by atoms with van der Waals surface area (Å²) < 4.78 is 5.32. The van der Waals surface area contributed by atoms with Gasteiger partial charge >= 0.3 is 12.1 Å². The Morgan fingerprint density at radius 1 is 1.18 bits per heavy atom. The third kappa shape index (κ3) is 7.52. The highest BCUT2D eigenvalue weighted by Gasteiger charge is 2.21. The number of likely N-dealkylation sites (N-methyl/N-ethyl adjacent to an activating group) is 1. The topological polar surface area (TPSA) is 70.7 Å². The van der Waals surface area contributed by atoms with E-state index in [2.05, 4.69) is 10.6 Å². The predicted molar refractivity (Wildman–Crippen MR) is 86.8 cm³/mol. The monoisotopic (exact) mass is 313 g/mol. The number of ether oxygens (including phenoxy) is 1. The van der Waals surface area contributed by atoms with Crippen molar-refractivity contribution < 1.29 is 14.3 Å². The predicted octanol–water partition coefficient (Wildman–Crippen LogP) is 2.73. The van der Waals surface area contributed by atoms with Crippen molar-refractivity contribution in [3.63, 3.8) is 0 Å². The largest absolute Gasteiger partial charge is 0.444 e. The van der Waals surface area contributed by atoms with Crippen LogP contribution in [0.1, 0.15) is 53.4 Å².